The van der Waals surface area contributed by atoms with Crippen molar-refractivity contribution in [1.29, 1.82) is 0 Å². The zero-order chi connectivity index (χ0) is 21.9. The van der Waals surface area contributed by atoms with E-state index in [0.717, 1.165) is 38.4 Å². The first-order chi connectivity index (χ1) is 15.2. The maximum absolute atomic E-state index is 10.8. The van der Waals surface area contributed by atoms with E-state index in [0.29, 0.717) is 25.6 Å². The number of rotatable bonds is 9. The number of ether oxygens (including phenoxy) is 1. The molecule has 8 heteroatoms. The standard InChI is InChI=1S/C23H29N5O3/c1-2-11-24-23(25-16-19-7-9-22(10-8-19)28(29)30)26-17-20-5-3-4-6-21(20)18-27-12-14-31-15-13-27/h2-10H,1,11-18H2,(H2,24,25,26). The molecule has 0 spiro atoms. The van der Waals surface area contributed by atoms with Gasteiger partial charge in [0, 0.05) is 44.9 Å². The summed E-state index contributed by atoms with van der Waals surface area (Å²) >= 11 is 0. The molecular formula is C23H29N5O3. The first kappa shape index (κ1) is 22.5. The number of benzene rings is 2. The van der Waals surface area contributed by atoms with Gasteiger partial charge in [-0.1, -0.05) is 42.5 Å². The first-order valence-corrected chi connectivity index (χ1v) is 10.4. The third-order valence-corrected chi connectivity index (χ3v) is 5.04. The Bertz CT molecular complexity index is 892. The molecule has 1 heterocycles. The van der Waals surface area contributed by atoms with Gasteiger partial charge in [0.15, 0.2) is 5.96 Å². The zero-order valence-electron chi connectivity index (χ0n) is 17.6. The van der Waals surface area contributed by atoms with E-state index in [1.165, 1.54) is 23.3 Å². The van der Waals surface area contributed by atoms with E-state index in [4.69, 9.17) is 4.74 Å². The number of nitro groups is 1. The normalized spacial score (nSPS) is 14.8. The van der Waals surface area contributed by atoms with Crippen LogP contribution in [0.25, 0.3) is 0 Å². The third kappa shape index (κ3) is 7.20. The minimum absolute atomic E-state index is 0.0766. The third-order valence-electron chi connectivity index (χ3n) is 5.04. The van der Waals surface area contributed by atoms with E-state index in [1.54, 1.807) is 18.2 Å². The summed E-state index contributed by atoms with van der Waals surface area (Å²) in [6, 6.07) is 14.9. The second kappa shape index (κ2) is 11.8. The fourth-order valence-electron chi connectivity index (χ4n) is 3.30. The van der Waals surface area contributed by atoms with Gasteiger partial charge in [0.25, 0.3) is 5.69 Å². The molecule has 3 rings (SSSR count). The van der Waals surface area contributed by atoms with Crippen LogP contribution in [0.2, 0.25) is 0 Å². The average Bonchev–Trinajstić information content (AvgIpc) is 2.80. The molecular weight excluding hydrogens is 394 g/mol. The minimum Gasteiger partial charge on any atom is -0.379 e. The molecule has 0 amide bonds. The van der Waals surface area contributed by atoms with Gasteiger partial charge in [-0.2, -0.15) is 0 Å². The highest BCUT2D eigenvalue weighted by atomic mass is 16.6. The van der Waals surface area contributed by atoms with Crippen molar-refractivity contribution < 1.29 is 9.66 Å². The van der Waals surface area contributed by atoms with E-state index in [-0.39, 0.29) is 5.69 Å². The summed E-state index contributed by atoms with van der Waals surface area (Å²) < 4.78 is 5.45. The number of nitrogens with zero attached hydrogens (tertiary/aromatic N) is 3. The van der Waals surface area contributed by atoms with Crippen molar-refractivity contribution in [3.63, 3.8) is 0 Å². The van der Waals surface area contributed by atoms with Crippen LogP contribution in [0.4, 0.5) is 5.69 Å². The van der Waals surface area contributed by atoms with Crippen LogP contribution in [0.3, 0.4) is 0 Å². The number of guanidine groups is 1. The summed E-state index contributed by atoms with van der Waals surface area (Å²) in [4.78, 5) is 17.4. The number of nitrogens with one attached hydrogen (secondary N) is 2. The molecule has 0 radical (unpaired) electrons. The van der Waals surface area contributed by atoms with Gasteiger partial charge in [-0.25, -0.2) is 4.99 Å². The van der Waals surface area contributed by atoms with Crippen molar-refractivity contribution >= 4 is 11.6 Å². The van der Waals surface area contributed by atoms with Crippen molar-refractivity contribution in [2.75, 3.05) is 32.8 Å². The molecule has 31 heavy (non-hydrogen) atoms. The van der Waals surface area contributed by atoms with Gasteiger partial charge in [0.05, 0.1) is 24.7 Å². The molecule has 1 aliphatic heterocycles. The van der Waals surface area contributed by atoms with Crippen molar-refractivity contribution in [3.8, 4) is 0 Å². The highest BCUT2D eigenvalue weighted by molar-refractivity contribution is 5.80. The molecule has 0 aliphatic carbocycles. The van der Waals surface area contributed by atoms with Gasteiger partial charge in [0.1, 0.15) is 0 Å². The van der Waals surface area contributed by atoms with Gasteiger partial charge >= 0.3 is 0 Å². The number of morpholine rings is 1. The van der Waals surface area contributed by atoms with E-state index < -0.39 is 4.92 Å². The second-order valence-corrected chi connectivity index (χ2v) is 7.27. The lowest BCUT2D eigenvalue weighted by atomic mass is 10.1. The molecule has 8 nitrogen and oxygen atoms in total. The Morgan fingerprint density at radius 1 is 1.13 bits per heavy atom. The zero-order valence-corrected chi connectivity index (χ0v) is 17.6. The number of aliphatic imine (C=N–C) groups is 1. The number of hydrogen-bond acceptors (Lipinski definition) is 5. The molecule has 2 N–H and O–H groups in total. The Balaban J connectivity index is 1.63. The predicted octanol–water partition coefficient (Wildman–Crippen LogP) is 2.85. The van der Waals surface area contributed by atoms with E-state index >= 15 is 0 Å². The Morgan fingerprint density at radius 2 is 1.84 bits per heavy atom. The summed E-state index contributed by atoms with van der Waals surface area (Å²) in [7, 11) is 0. The quantitative estimate of drug-likeness (QED) is 0.212. The molecule has 0 atom stereocenters. The molecule has 0 unspecified atom stereocenters. The number of non-ortho nitro benzene ring substituents is 1. The fraction of sp³-hybridized carbons (Fsp3) is 0.348. The molecule has 1 fully saturated rings. The van der Waals surface area contributed by atoms with Gasteiger partial charge in [-0.3, -0.25) is 15.0 Å². The number of nitro benzene ring substituents is 1. The van der Waals surface area contributed by atoms with Gasteiger partial charge in [-0.05, 0) is 16.7 Å². The Hall–Kier alpha value is -3.23. The van der Waals surface area contributed by atoms with Crippen LogP contribution < -0.4 is 10.6 Å². The molecule has 1 saturated heterocycles. The van der Waals surface area contributed by atoms with Crippen LogP contribution in [-0.2, 0) is 24.4 Å². The van der Waals surface area contributed by atoms with Crippen LogP contribution in [0, 0.1) is 10.1 Å². The van der Waals surface area contributed by atoms with E-state index in [9.17, 15) is 10.1 Å². The van der Waals surface area contributed by atoms with Crippen LogP contribution >= 0.6 is 0 Å². The maximum atomic E-state index is 10.8. The summed E-state index contributed by atoms with van der Waals surface area (Å²) in [5, 5.41) is 17.4. The Kier molecular flexibility index (Phi) is 8.57. The van der Waals surface area contributed by atoms with Gasteiger partial charge in [0.2, 0.25) is 0 Å². The lowest BCUT2D eigenvalue weighted by molar-refractivity contribution is -0.384. The lowest BCUT2D eigenvalue weighted by Gasteiger charge is -2.27. The van der Waals surface area contributed by atoms with Crippen molar-refractivity contribution in [2.24, 2.45) is 4.99 Å². The maximum Gasteiger partial charge on any atom is 0.269 e. The molecule has 2 aromatic carbocycles. The monoisotopic (exact) mass is 423 g/mol. The Labute approximate surface area is 182 Å². The highest BCUT2D eigenvalue weighted by Crippen LogP contribution is 2.14. The fourth-order valence-corrected chi connectivity index (χ4v) is 3.30. The summed E-state index contributed by atoms with van der Waals surface area (Å²) in [5.41, 5.74) is 3.48. The Morgan fingerprint density at radius 3 is 2.52 bits per heavy atom. The van der Waals surface area contributed by atoms with Crippen LogP contribution in [0.15, 0.2) is 66.2 Å². The SMILES string of the molecule is C=CCNC(=NCc1ccc([N+](=O)[O-])cc1)NCc1ccccc1CN1CCOCC1. The van der Waals surface area contributed by atoms with Crippen molar-refractivity contribution in [1.82, 2.24) is 15.5 Å². The number of hydrogen-bond donors (Lipinski definition) is 2. The molecule has 2 aromatic rings. The highest BCUT2D eigenvalue weighted by Gasteiger charge is 2.13. The first-order valence-electron chi connectivity index (χ1n) is 10.4. The van der Waals surface area contributed by atoms with Crippen LogP contribution in [0.5, 0.6) is 0 Å². The van der Waals surface area contributed by atoms with Gasteiger partial charge in [-0.15, -0.1) is 6.58 Å². The molecule has 0 aromatic heterocycles. The minimum atomic E-state index is -0.403. The molecule has 0 bridgehead atoms. The van der Waals surface area contributed by atoms with Crippen LogP contribution in [-0.4, -0.2) is 48.6 Å². The predicted molar refractivity (Wildman–Crippen MR) is 122 cm³/mol. The van der Waals surface area contributed by atoms with Crippen molar-refractivity contribution in [3.05, 3.63) is 88.0 Å². The molecule has 0 saturated carbocycles. The molecule has 164 valence electrons. The summed E-state index contributed by atoms with van der Waals surface area (Å²) in [6.45, 7) is 9.76. The average molecular weight is 424 g/mol. The summed E-state index contributed by atoms with van der Waals surface area (Å²) in [6.07, 6.45) is 1.77. The smallest absolute Gasteiger partial charge is 0.269 e. The van der Waals surface area contributed by atoms with E-state index in [2.05, 4.69) is 45.3 Å². The topological polar surface area (TPSA) is 92.0 Å². The molecule has 1 aliphatic rings. The van der Waals surface area contributed by atoms with Gasteiger partial charge < -0.3 is 15.4 Å². The second-order valence-electron chi connectivity index (χ2n) is 7.27. The lowest BCUT2D eigenvalue weighted by Crippen LogP contribution is -2.38. The van der Waals surface area contributed by atoms with E-state index in [1.807, 2.05) is 6.07 Å². The van der Waals surface area contributed by atoms with Crippen molar-refractivity contribution in [2.45, 2.75) is 19.6 Å². The van der Waals surface area contributed by atoms with Crippen LogP contribution in [0.1, 0.15) is 16.7 Å². The summed E-state index contributed by atoms with van der Waals surface area (Å²) in [5.74, 6) is 0.666. The largest absolute Gasteiger partial charge is 0.379 e.